The predicted octanol–water partition coefficient (Wildman–Crippen LogP) is 0.204. The third-order valence-electron chi connectivity index (χ3n) is 0. The van der Waals surface area contributed by atoms with E-state index in [2.05, 4.69) is 0 Å². The van der Waals surface area contributed by atoms with E-state index in [4.69, 9.17) is 9.90 Å². The standard InChI is InChI=1S/C2H6O.C2H4O.2Ar/c2*1-2-3;;/h3H,2H2,1H3;2H,1H3;;. The first-order valence-corrected chi connectivity index (χ1v) is 1.84. The molecule has 0 aliphatic carbocycles. The van der Waals surface area contributed by atoms with Crippen LogP contribution in [0.2, 0.25) is 0 Å². The van der Waals surface area contributed by atoms with Gasteiger partial charge in [-0.05, 0) is 13.8 Å². The second-order valence-electron chi connectivity index (χ2n) is 0.552. The van der Waals surface area contributed by atoms with Crippen LogP contribution in [0.25, 0.3) is 0 Å². The Balaban J connectivity index is -0.0000000160. The molecule has 0 amide bonds. The molecule has 0 bridgehead atoms. The second kappa shape index (κ2) is 35.3. The van der Waals surface area contributed by atoms with E-state index in [0.717, 1.165) is 6.29 Å². The molecule has 0 aromatic rings. The van der Waals surface area contributed by atoms with Gasteiger partial charge in [-0.3, -0.25) is 0 Å². The Bertz CT molecular complexity index is 26.0. The summed E-state index contributed by atoms with van der Waals surface area (Å²) in [6.45, 7) is 3.38. The fraction of sp³-hybridized carbons (Fsp3) is 0.750. The van der Waals surface area contributed by atoms with Gasteiger partial charge < -0.3 is 9.90 Å². The van der Waals surface area contributed by atoms with E-state index in [1.165, 1.54) is 6.92 Å². The normalized spacial score (nSPS) is 3.88. The number of aliphatic hydroxyl groups is 1. The SMILES string of the molecule is CC=O.CCO.[Ar].[Ar]. The molecule has 0 aliphatic heterocycles. The summed E-state index contributed by atoms with van der Waals surface area (Å²) in [5.74, 6) is 0. The maximum atomic E-state index is 8.81. The van der Waals surface area contributed by atoms with Crippen molar-refractivity contribution in [3.8, 4) is 0 Å². The van der Waals surface area contributed by atoms with Crippen LogP contribution in [0.5, 0.6) is 0 Å². The van der Waals surface area contributed by atoms with Crippen LogP contribution in [0.15, 0.2) is 0 Å². The van der Waals surface area contributed by atoms with Crippen molar-refractivity contribution in [3.05, 3.63) is 0 Å². The molecule has 0 aliphatic rings. The first-order valence-electron chi connectivity index (χ1n) is 1.84. The van der Waals surface area contributed by atoms with Gasteiger partial charge in [-0.2, -0.15) is 0 Å². The van der Waals surface area contributed by atoms with Gasteiger partial charge in [0.25, 0.3) is 0 Å². The molecule has 0 radical (unpaired) electrons. The van der Waals surface area contributed by atoms with Gasteiger partial charge in [0.2, 0.25) is 0 Å². The largest absolute Gasteiger partial charge is 0.397 e. The van der Waals surface area contributed by atoms with Gasteiger partial charge in [0.15, 0.2) is 0 Å². The molecule has 0 spiro atoms. The van der Waals surface area contributed by atoms with Gasteiger partial charge >= 0.3 is 0 Å². The molecule has 0 saturated heterocycles. The van der Waals surface area contributed by atoms with Crippen molar-refractivity contribution in [2.24, 2.45) is 0 Å². The Hall–Kier alpha value is 2.15. The van der Waals surface area contributed by atoms with E-state index >= 15 is 0 Å². The minimum atomic E-state index is 0. The Kier molecular flexibility index (Phi) is 99.1. The van der Waals surface area contributed by atoms with Crippen LogP contribution in [0.1, 0.15) is 13.8 Å². The smallest absolute Gasteiger partial charge is 0.116 e. The molecule has 2 nitrogen and oxygen atoms in total. The van der Waals surface area contributed by atoms with E-state index in [-0.39, 0.29) is 82.1 Å². The fourth-order valence-electron chi connectivity index (χ4n) is 0. The Morgan fingerprint density at radius 2 is 1.50 bits per heavy atom. The van der Waals surface area contributed by atoms with Gasteiger partial charge in [0, 0.05) is 82.1 Å². The third kappa shape index (κ3) is 90.2. The Morgan fingerprint density at radius 3 is 1.50 bits per heavy atom. The van der Waals surface area contributed by atoms with Crippen LogP contribution in [0, 0.1) is 75.5 Å². The zero-order chi connectivity index (χ0) is 5.41. The van der Waals surface area contributed by atoms with Crippen LogP contribution in [-0.2, 0) is 4.79 Å². The molecule has 0 unspecified atom stereocenters. The van der Waals surface area contributed by atoms with Gasteiger partial charge in [-0.15, -0.1) is 0 Å². The maximum absolute atomic E-state index is 8.81. The summed E-state index contributed by atoms with van der Waals surface area (Å²) in [5.41, 5.74) is 0. The number of aliphatic hydroxyl groups excluding tert-OH is 1. The summed E-state index contributed by atoms with van der Waals surface area (Å²) < 4.78 is 0. The summed E-state index contributed by atoms with van der Waals surface area (Å²) in [7, 11) is 0. The fourth-order valence-corrected chi connectivity index (χ4v) is 0. The van der Waals surface area contributed by atoms with E-state index in [9.17, 15) is 0 Å². The second-order valence-corrected chi connectivity index (χ2v) is 0.552. The van der Waals surface area contributed by atoms with Gasteiger partial charge in [-0.1, -0.05) is 0 Å². The van der Waals surface area contributed by atoms with Crippen molar-refractivity contribution < 1.29 is 85.4 Å². The predicted molar refractivity (Wildman–Crippen MR) is 24.5 cm³/mol. The van der Waals surface area contributed by atoms with Crippen LogP contribution in [0.3, 0.4) is 0 Å². The van der Waals surface area contributed by atoms with Crippen molar-refractivity contribution >= 4 is 6.29 Å². The van der Waals surface area contributed by atoms with Crippen molar-refractivity contribution in [1.82, 2.24) is 0 Å². The number of carbonyl (C=O) groups excluding carboxylic acids is 1. The van der Waals surface area contributed by atoms with E-state index in [0.29, 0.717) is 0 Å². The van der Waals surface area contributed by atoms with E-state index in [1.807, 2.05) is 0 Å². The number of hydrogen-bond donors (Lipinski definition) is 1. The quantitative estimate of drug-likeness (QED) is 0.527. The summed E-state index contributed by atoms with van der Waals surface area (Å²) in [5, 5.41) is 7.57. The van der Waals surface area contributed by atoms with Gasteiger partial charge in [0.1, 0.15) is 6.29 Å². The van der Waals surface area contributed by atoms with Crippen molar-refractivity contribution in [2.75, 3.05) is 6.61 Å². The minimum absolute atomic E-state index is 0. The molecule has 0 fully saturated rings. The zero-order valence-electron chi connectivity index (χ0n) is 4.85. The van der Waals surface area contributed by atoms with E-state index < -0.39 is 0 Å². The number of rotatable bonds is 0. The summed E-state index contributed by atoms with van der Waals surface area (Å²) in [4.78, 5) is 8.81. The molecule has 54 valence electrons. The van der Waals surface area contributed by atoms with Crippen molar-refractivity contribution in [1.29, 1.82) is 0 Å². The Labute approximate surface area is 110 Å². The van der Waals surface area contributed by atoms with E-state index in [1.54, 1.807) is 6.92 Å². The topological polar surface area (TPSA) is 37.3 Å². The molecule has 4 heteroatoms. The van der Waals surface area contributed by atoms with Crippen LogP contribution >= 0.6 is 0 Å². The van der Waals surface area contributed by atoms with Gasteiger partial charge in [-0.25, -0.2) is 0 Å². The third-order valence-corrected chi connectivity index (χ3v) is 0. The number of carbonyl (C=O) groups is 1. The van der Waals surface area contributed by atoms with Crippen molar-refractivity contribution in [2.45, 2.75) is 13.8 Å². The molecule has 0 saturated carbocycles. The van der Waals surface area contributed by atoms with Crippen molar-refractivity contribution in [3.63, 3.8) is 0 Å². The summed E-state index contributed by atoms with van der Waals surface area (Å²) in [6.07, 6.45) is 0.750. The number of aldehydes is 1. The van der Waals surface area contributed by atoms with Crippen LogP contribution in [0.4, 0.5) is 0 Å². The average Bonchev–Trinajstić information content (AvgIpc) is 1.39. The summed E-state index contributed by atoms with van der Waals surface area (Å²) in [6, 6.07) is 0. The molecule has 1 N–H and O–H groups in total. The molecular formula is C4H10Ar2O2. The molecule has 0 atom stereocenters. The molecule has 8 heavy (non-hydrogen) atoms. The molecule has 0 heterocycles. The first-order chi connectivity index (χ1) is 2.83. The first kappa shape index (κ1) is 22.5. The minimum Gasteiger partial charge on any atom is -0.397 e. The van der Waals surface area contributed by atoms with Crippen LogP contribution < -0.4 is 0 Å². The maximum Gasteiger partial charge on any atom is 0.116 e. The van der Waals surface area contributed by atoms with Gasteiger partial charge in [0.05, 0.1) is 0 Å². The molecule has 0 rings (SSSR count). The number of hydrogen-bond acceptors (Lipinski definition) is 2. The molecule has 0 aromatic carbocycles. The monoisotopic (exact) mass is 170 g/mol. The zero-order valence-corrected chi connectivity index (χ0v) is 6.26. The van der Waals surface area contributed by atoms with Crippen LogP contribution in [-0.4, -0.2) is 18.0 Å². The summed E-state index contributed by atoms with van der Waals surface area (Å²) >= 11 is 0. The average molecular weight is 170 g/mol. The molecular weight excluding hydrogens is 160 g/mol. The molecule has 0 aromatic heterocycles. The Morgan fingerprint density at radius 1 is 1.50 bits per heavy atom.